The molecule has 0 aliphatic heterocycles. The van der Waals surface area contributed by atoms with Crippen molar-refractivity contribution in [3.05, 3.63) is 11.7 Å². The Hall–Kier alpha value is -0.940. The summed E-state index contributed by atoms with van der Waals surface area (Å²) in [4.78, 5) is 4.40. The molecule has 0 spiro atoms. The van der Waals surface area contributed by atoms with Crippen LogP contribution in [0.3, 0.4) is 0 Å². The summed E-state index contributed by atoms with van der Waals surface area (Å²) in [5.41, 5.74) is 5.72. The van der Waals surface area contributed by atoms with Gasteiger partial charge < -0.3 is 15.0 Å². The summed E-state index contributed by atoms with van der Waals surface area (Å²) in [5.74, 6) is 1.12. The third kappa shape index (κ3) is 2.42. The summed E-state index contributed by atoms with van der Waals surface area (Å²) in [7, 11) is 1.72. The molecule has 1 aromatic heterocycles. The van der Waals surface area contributed by atoms with E-state index in [0.29, 0.717) is 17.1 Å². The molecule has 5 nitrogen and oxygen atoms in total. The predicted octanol–water partition coefficient (Wildman–Crippen LogP) is 2.53. The quantitative estimate of drug-likeness (QED) is 0.896. The Kier molecular flexibility index (Phi) is 3.47. The molecule has 0 bridgehead atoms. The zero-order valence-electron chi connectivity index (χ0n) is 11.7. The van der Waals surface area contributed by atoms with Crippen LogP contribution in [-0.4, -0.2) is 17.3 Å². The Morgan fingerprint density at radius 2 is 1.89 bits per heavy atom. The standard InChI is InChI=1S/C13H23N3O2/c1-9(14)10-15-11(16-18-10)13(17-4)7-5-12(2,3)6-8-13/h9H,5-8,14H2,1-4H3/t9-/m0/s1. The molecule has 0 radical (unpaired) electrons. The van der Waals surface area contributed by atoms with Crippen molar-refractivity contribution in [2.24, 2.45) is 11.1 Å². The molecule has 1 atom stereocenters. The molecular weight excluding hydrogens is 230 g/mol. The maximum absolute atomic E-state index is 5.75. The highest BCUT2D eigenvalue weighted by Gasteiger charge is 2.43. The molecule has 5 heteroatoms. The summed E-state index contributed by atoms with van der Waals surface area (Å²) < 4.78 is 10.9. The first-order valence-corrected chi connectivity index (χ1v) is 6.53. The van der Waals surface area contributed by atoms with Crippen LogP contribution in [0.15, 0.2) is 4.52 Å². The molecule has 1 saturated carbocycles. The van der Waals surface area contributed by atoms with Gasteiger partial charge in [-0.2, -0.15) is 4.98 Å². The first kappa shape index (κ1) is 13.5. The highest BCUT2D eigenvalue weighted by Crippen LogP contribution is 2.46. The van der Waals surface area contributed by atoms with Crippen LogP contribution in [0.25, 0.3) is 0 Å². The van der Waals surface area contributed by atoms with Gasteiger partial charge in [0.25, 0.3) is 0 Å². The maximum atomic E-state index is 5.75. The minimum Gasteiger partial charge on any atom is -0.370 e. The molecule has 2 rings (SSSR count). The Morgan fingerprint density at radius 1 is 1.28 bits per heavy atom. The van der Waals surface area contributed by atoms with Gasteiger partial charge in [0.2, 0.25) is 11.7 Å². The van der Waals surface area contributed by atoms with Gasteiger partial charge >= 0.3 is 0 Å². The SMILES string of the molecule is COC1(c2noc([C@H](C)N)n2)CCC(C)(C)CC1. The van der Waals surface area contributed by atoms with Gasteiger partial charge in [0.15, 0.2) is 0 Å². The number of hydrogen-bond acceptors (Lipinski definition) is 5. The van der Waals surface area contributed by atoms with Crippen LogP contribution < -0.4 is 5.73 Å². The zero-order chi connectivity index (χ0) is 13.4. The van der Waals surface area contributed by atoms with E-state index in [1.807, 2.05) is 6.92 Å². The first-order valence-electron chi connectivity index (χ1n) is 6.53. The second kappa shape index (κ2) is 4.63. The lowest BCUT2D eigenvalue weighted by atomic mass is 9.70. The van der Waals surface area contributed by atoms with E-state index in [1.54, 1.807) is 7.11 Å². The highest BCUT2D eigenvalue weighted by atomic mass is 16.5. The van der Waals surface area contributed by atoms with Crippen molar-refractivity contribution in [2.75, 3.05) is 7.11 Å². The van der Waals surface area contributed by atoms with E-state index in [-0.39, 0.29) is 6.04 Å². The van der Waals surface area contributed by atoms with Crippen LogP contribution in [0.2, 0.25) is 0 Å². The van der Waals surface area contributed by atoms with Gasteiger partial charge in [-0.05, 0) is 38.0 Å². The van der Waals surface area contributed by atoms with Gasteiger partial charge in [0, 0.05) is 7.11 Å². The van der Waals surface area contributed by atoms with Crippen molar-refractivity contribution in [1.29, 1.82) is 0 Å². The lowest BCUT2D eigenvalue weighted by molar-refractivity contribution is -0.0740. The summed E-state index contributed by atoms with van der Waals surface area (Å²) in [5, 5.41) is 4.06. The molecule has 0 saturated heterocycles. The average Bonchev–Trinajstić information content (AvgIpc) is 2.80. The third-order valence-corrected chi connectivity index (χ3v) is 4.04. The Labute approximate surface area is 108 Å². The van der Waals surface area contributed by atoms with Gasteiger partial charge in [0.1, 0.15) is 5.60 Å². The average molecular weight is 253 g/mol. The number of rotatable bonds is 3. The van der Waals surface area contributed by atoms with Crippen LogP contribution in [-0.2, 0) is 10.3 Å². The second-order valence-electron chi connectivity index (χ2n) is 6.11. The predicted molar refractivity (Wildman–Crippen MR) is 67.8 cm³/mol. The van der Waals surface area contributed by atoms with Crippen molar-refractivity contribution in [3.8, 4) is 0 Å². The molecule has 1 fully saturated rings. The van der Waals surface area contributed by atoms with Crippen molar-refractivity contribution in [2.45, 2.75) is 58.1 Å². The van der Waals surface area contributed by atoms with E-state index in [0.717, 1.165) is 25.7 Å². The number of nitrogens with zero attached hydrogens (tertiary/aromatic N) is 2. The molecule has 1 aliphatic carbocycles. The van der Waals surface area contributed by atoms with Crippen molar-refractivity contribution in [3.63, 3.8) is 0 Å². The monoisotopic (exact) mass is 253 g/mol. The second-order valence-corrected chi connectivity index (χ2v) is 6.11. The number of methoxy groups -OCH3 is 1. The number of ether oxygens (including phenoxy) is 1. The molecule has 1 aliphatic rings. The summed E-state index contributed by atoms with van der Waals surface area (Å²) in [6, 6.07) is -0.236. The van der Waals surface area contributed by atoms with Gasteiger partial charge in [-0.15, -0.1) is 0 Å². The van der Waals surface area contributed by atoms with Crippen molar-refractivity contribution >= 4 is 0 Å². The largest absolute Gasteiger partial charge is 0.370 e. The molecule has 1 aromatic rings. The van der Waals surface area contributed by atoms with E-state index in [2.05, 4.69) is 24.0 Å². The summed E-state index contributed by atoms with van der Waals surface area (Å²) >= 11 is 0. The van der Waals surface area contributed by atoms with Gasteiger partial charge in [-0.3, -0.25) is 0 Å². The fourth-order valence-electron chi connectivity index (χ4n) is 2.45. The first-order chi connectivity index (χ1) is 8.38. The smallest absolute Gasteiger partial charge is 0.243 e. The lowest BCUT2D eigenvalue weighted by Gasteiger charge is -2.40. The third-order valence-electron chi connectivity index (χ3n) is 4.04. The summed E-state index contributed by atoms with van der Waals surface area (Å²) in [6.45, 7) is 6.41. The molecule has 0 amide bonds. The fraction of sp³-hybridized carbons (Fsp3) is 0.846. The number of nitrogens with two attached hydrogens (primary N) is 1. The highest BCUT2D eigenvalue weighted by molar-refractivity contribution is 5.06. The molecular formula is C13H23N3O2. The van der Waals surface area contributed by atoms with Gasteiger partial charge in [-0.25, -0.2) is 0 Å². The normalized spacial score (nSPS) is 23.8. The van der Waals surface area contributed by atoms with Crippen LogP contribution in [0.1, 0.15) is 64.2 Å². The zero-order valence-corrected chi connectivity index (χ0v) is 11.7. The number of aromatic nitrogens is 2. The van der Waals surface area contributed by atoms with Crippen LogP contribution in [0.5, 0.6) is 0 Å². The minimum absolute atomic E-state index is 0.236. The van der Waals surface area contributed by atoms with Crippen molar-refractivity contribution < 1.29 is 9.26 Å². The van der Waals surface area contributed by atoms with Crippen LogP contribution in [0.4, 0.5) is 0 Å². The lowest BCUT2D eigenvalue weighted by Crippen LogP contribution is -2.37. The maximum Gasteiger partial charge on any atom is 0.243 e. The molecule has 0 unspecified atom stereocenters. The van der Waals surface area contributed by atoms with Crippen LogP contribution in [0, 0.1) is 5.41 Å². The van der Waals surface area contributed by atoms with E-state index in [4.69, 9.17) is 15.0 Å². The molecule has 18 heavy (non-hydrogen) atoms. The molecule has 2 N–H and O–H groups in total. The van der Waals surface area contributed by atoms with E-state index >= 15 is 0 Å². The van der Waals surface area contributed by atoms with E-state index < -0.39 is 5.60 Å². The van der Waals surface area contributed by atoms with E-state index in [9.17, 15) is 0 Å². The Morgan fingerprint density at radius 3 is 2.33 bits per heavy atom. The summed E-state index contributed by atoms with van der Waals surface area (Å²) in [6.07, 6.45) is 4.05. The van der Waals surface area contributed by atoms with Gasteiger partial charge in [-0.1, -0.05) is 19.0 Å². The molecule has 0 aromatic carbocycles. The molecule has 102 valence electrons. The fourth-order valence-corrected chi connectivity index (χ4v) is 2.45. The van der Waals surface area contributed by atoms with E-state index in [1.165, 1.54) is 0 Å². The Balaban J connectivity index is 2.22. The topological polar surface area (TPSA) is 74.2 Å². The van der Waals surface area contributed by atoms with Gasteiger partial charge in [0.05, 0.1) is 6.04 Å². The Bertz CT molecular complexity index is 402. The van der Waals surface area contributed by atoms with Crippen molar-refractivity contribution in [1.82, 2.24) is 10.1 Å². The van der Waals surface area contributed by atoms with Crippen LogP contribution >= 0.6 is 0 Å². The number of hydrogen-bond donors (Lipinski definition) is 1. The molecule has 1 heterocycles. The minimum atomic E-state index is -0.397.